The molecule has 3 atom stereocenters. The molecule has 0 saturated carbocycles. The number of phosphoric acid groups is 1. The Morgan fingerprint density at radius 3 is 1.55 bits per heavy atom. The molecule has 0 amide bonds. The molecule has 0 radical (unpaired) electrons. The molecule has 0 bridgehead atoms. The van der Waals surface area contributed by atoms with Gasteiger partial charge in [0.05, 0.1) is 19.8 Å². The first-order valence-electron chi connectivity index (χ1n) is 20.9. The maximum Gasteiger partial charge on any atom is 0.472 e. The van der Waals surface area contributed by atoms with Crippen molar-refractivity contribution in [1.82, 2.24) is 0 Å². The first-order valence-corrected chi connectivity index (χ1v) is 22.4. The number of hydrogen-bond donors (Lipinski definition) is 3. The van der Waals surface area contributed by atoms with Crippen LogP contribution in [0.1, 0.15) is 155 Å². The average Bonchev–Trinajstić information content (AvgIpc) is 3.17. The highest BCUT2D eigenvalue weighted by Gasteiger charge is 2.27. The lowest BCUT2D eigenvalue weighted by Gasteiger charge is -2.20. The molecule has 3 N–H and O–H groups in total. The zero-order valence-corrected chi connectivity index (χ0v) is 35.0. The van der Waals surface area contributed by atoms with Crippen molar-refractivity contribution in [3.63, 3.8) is 0 Å². The molecule has 0 rings (SSSR count). The molecule has 0 heterocycles. The van der Waals surface area contributed by atoms with Crippen LogP contribution < -0.4 is 0 Å². The summed E-state index contributed by atoms with van der Waals surface area (Å²) < 4.78 is 32.5. The fourth-order valence-electron chi connectivity index (χ4n) is 5.09. The predicted octanol–water partition coefficient (Wildman–Crippen LogP) is 10.9. The van der Waals surface area contributed by atoms with Crippen LogP contribution >= 0.6 is 7.82 Å². The Bertz CT molecular complexity index is 1140. The highest BCUT2D eigenvalue weighted by atomic mass is 31.2. The van der Waals surface area contributed by atoms with Gasteiger partial charge in [-0.15, -0.1) is 0 Å². The molecule has 0 spiro atoms. The molecular weight excluding hydrogens is 719 g/mol. The normalized spacial score (nSPS) is 14.6. The standard InChI is InChI=1S/C44H75O10P/c1-3-5-7-9-11-13-15-17-18-19-20-21-22-24-25-27-29-31-33-35-43(47)51-39-42(40-53-55(49,50)52-38-41(46)37-45)54-44(48)36-34-32-30-28-26-23-16-14-12-10-8-6-4-2/h11,13,17-18,20-21,23-26,29,31,41-42,45-46H,3-10,12,14-16,19,22,27-28,30,32-40H2,1-2H3,(H,49,50)/b13-11+,18-17+,21-20+,25-24+,26-23+,31-29+/t41-,42+/m1/s1. The lowest BCUT2D eigenvalue weighted by atomic mass is 10.1. The smallest absolute Gasteiger partial charge is 0.462 e. The van der Waals surface area contributed by atoms with Crippen molar-refractivity contribution >= 4 is 19.8 Å². The summed E-state index contributed by atoms with van der Waals surface area (Å²) in [5.41, 5.74) is 0. The van der Waals surface area contributed by atoms with E-state index in [1.54, 1.807) is 0 Å². The summed E-state index contributed by atoms with van der Waals surface area (Å²) in [5.74, 6) is -1.05. The molecule has 0 aromatic heterocycles. The second kappa shape index (κ2) is 39.6. The molecule has 0 aliphatic heterocycles. The maximum absolute atomic E-state index is 12.6. The lowest BCUT2D eigenvalue weighted by molar-refractivity contribution is -0.161. The van der Waals surface area contributed by atoms with Crippen molar-refractivity contribution in [3.8, 4) is 0 Å². The third-order valence-corrected chi connectivity index (χ3v) is 9.30. The highest BCUT2D eigenvalue weighted by Crippen LogP contribution is 2.43. The zero-order valence-electron chi connectivity index (χ0n) is 34.1. The van der Waals surface area contributed by atoms with Gasteiger partial charge >= 0.3 is 19.8 Å². The van der Waals surface area contributed by atoms with Gasteiger partial charge in [-0.25, -0.2) is 4.57 Å². The first-order chi connectivity index (χ1) is 26.7. The summed E-state index contributed by atoms with van der Waals surface area (Å²) in [5, 5.41) is 18.3. The monoisotopic (exact) mass is 795 g/mol. The van der Waals surface area contributed by atoms with Crippen LogP contribution in [0.15, 0.2) is 72.9 Å². The van der Waals surface area contributed by atoms with Gasteiger partial charge in [-0.2, -0.15) is 0 Å². The number of rotatable bonds is 38. The maximum atomic E-state index is 12.6. The molecule has 0 aliphatic rings. The van der Waals surface area contributed by atoms with E-state index >= 15 is 0 Å². The lowest BCUT2D eigenvalue weighted by Crippen LogP contribution is -2.29. The second-order valence-electron chi connectivity index (χ2n) is 13.7. The van der Waals surface area contributed by atoms with Gasteiger partial charge in [-0.3, -0.25) is 18.6 Å². The number of esters is 2. The predicted molar refractivity (Wildman–Crippen MR) is 223 cm³/mol. The molecule has 1 unspecified atom stereocenters. The third-order valence-electron chi connectivity index (χ3n) is 8.35. The van der Waals surface area contributed by atoms with Gasteiger partial charge in [0.2, 0.25) is 0 Å². The Balaban J connectivity index is 4.47. The summed E-state index contributed by atoms with van der Waals surface area (Å²) in [6, 6.07) is 0. The molecule has 0 aromatic carbocycles. The number of unbranched alkanes of at least 4 members (excludes halogenated alkanes) is 12. The van der Waals surface area contributed by atoms with Crippen LogP contribution in [0.5, 0.6) is 0 Å². The summed E-state index contributed by atoms with van der Waals surface area (Å²) in [4.78, 5) is 34.9. The number of allylic oxidation sites excluding steroid dienone is 12. The van der Waals surface area contributed by atoms with Crippen LogP contribution in [0.3, 0.4) is 0 Å². The van der Waals surface area contributed by atoms with Crippen LogP contribution in [0.4, 0.5) is 0 Å². The number of carbonyl (C=O) groups excluding carboxylic acids is 2. The van der Waals surface area contributed by atoms with E-state index in [-0.39, 0.29) is 19.4 Å². The van der Waals surface area contributed by atoms with E-state index in [0.29, 0.717) is 12.8 Å². The molecule has 55 heavy (non-hydrogen) atoms. The minimum atomic E-state index is -4.64. The van der Waals surface area contributed by atoms with Crippen molar-refractivity contribution < 1.29 is 47.8 Å². The molecule has 0 fully saturated rings. The largest absolute Gasteiger partial charge is 0.472 e. The zero-order chi connectivity index (χ0) is 40.5. The molecule has 0 aliphatic carbocycles. The minimum absolute atomic E-state index is 0.112. The minimum Gasteiger partial charge on any atom is -0.462 e. The van der Waals surface area contributed by atoms with Crippen LogP contribution in [-0.4, -0.2) is 65.7 Å². The fourth-order valence-corrected chi connectivity index (χ4v) is 5.88. The van der Waals surface area contributed by atoms with E-state index in [1.807, 2.05) is 12.2 Å². The summed E-state index contributed by atoms with van der Waals surface area (Å²) in [7, 11) is -4.64. The topological polar surface area (TPSA) is 149 Å². The molecule has 10 nitrogen and oxygen atoms in total. The van der Waals surface area contributed by atoms with Gasteiger partial charge in [-0.1, -0.05) is 138 Å². The third kappa shape index (κ3) is 39.4. The Morgan fingerprint density at radius 2 is 0.982 bits per heavy atom. The van der Waals surface area contributed by atoms with Gasteiger partial charge in [0.15, 0.2) is 6.10 Å². The Hall–Kier alpha value is -2.59. The van der Waals surface area contributed by atoms with Crippen molar-refractivity contribution in [2.45, 2.75) is 167 Å². The number of phosphoric ester groups is 1. The number of carbonyl (C=O) groups is 2. The summed E-state index contributed by atoms with van der Waals surface area (Å²) in [6.07, 6.45) is 44.6. The molecule has 11 heteroatoms. The van der Waals surface area contributed by atoms with Crippen LogP contribution in [0.2, 0.25) is 0 Å². The van der Waals surface area contributed by atoms with E-state index < -0.39 is 51.8 Å². The summed E-state index contributed by atoms with van der Waals surface area (Å²) in [6.45, 7) is 2.22. The number of ether oxygens (including phenoxy) is 2. The van der Waals surface area contributed by atoms with E-state index in [2.05, 4.69) is 79.1 Å². The molecule has 0 saturated heterocycles. The van der Waals surface area contributed by atoms with Crippen LogP contribution in [0.25, 0.3) is 0 Å². The Morgan fingerprint density at radius 1 is 0.545 bits per heavy atom. The van der Waals surface area contributed by atoms with Crippen molar-refractivity contribution in [2.24, 2.45) is 0 Å². The van der Waals surface area contributed by atoms with E-state index in [1.165, 1.54) is 64.2 Å². The number of hydrogen-bond acceptors (Lipinski definition) is 9. The molecular formula is C44H75O10P. The average molecular weight is 795 g/mol. The van der Waals surface area contributed by atoms with E-state index in [4.69, 9.17) is 19.1 Å². The Labute approximate surface area is 333 Å². The quantitative estimate of drug-likeness (QED) is 0.0239. The van der Waals surface area contributed by atoms with Crippen molar-refractivity contribution in [1.29, 1.82) is 0 Å². The fraction of sp³-hybridized carbons (Fsp3) is 0.682. The second-order valence-corrected chi connectivity index (χ2v) is 15.1. The summed E-state index contributed by atoms with van der Waals surface area (Å²) >= 11 is 0. The molecule has 0 aromatic rings. The highest BCUT2D eigenvalue weighted by molar-refractivity contribution is 7.47. The Kier molecular flexibility index (Phi) is 37.8. The number of aliphatic hydroxyl groups is 2. The van der Waals surface area contributed by atoms with E-state index in [9.17, 15) is 24.2 Å². The molecule has 316 valence electrons. The van der Waals surface area contributed by atoms with Gasteiger partial charge in [-0.05, 0) is 77.0 Å². The van der Waals surface area contributed by atoms with E-state index in [0.717, 1.165) is 51.4 Å². The van der Waals surface area contributed by atoms with Gasteiger partial charge < -0.3 is 24.6 Å². The SMILES string of the molecule is CCCCC/C=C/C/C=C/C/C=C/C/C=C/C/C=C/CCC(=O)OC[C@@H](COP(=O)(O)OC[C@H](O)CO)OC(=O)CCCCC/C=C/CCCCCCCC. The first kappa shape index (κ1) is 52.4. The van der Waals surface area contributed by atoms with Gasteiger partial charge in [0.25, 0.3) is 0 Å². The van der Waals surface area contributed by atoms with Crippen LogP contribution in [0, 0.1) is 0 Å². The van der Waals surface area contributed by atoms with Crippen molar-refractivity contribution in [3.05, 3.63) is 72.9 Å². The van der Waals surface area contributed by atoms with Crippen molar-refractivity contribution in [2.75, 3.05) is 26.4 Å². The number of aliphatic hydroxyl groups excluding tert-OH is 2. The van der Waals surface area contributed by atoms with Gasteiger partial charge in [0.1, 0.15) is 12.7 Å². The van der Waals surface area contributed by atoms with Crippen LogP contribution in [-0.2, 0) is 32.7 Å². The van der Waals surface area contributed by atoms with Gasteiger partial charge in [0, 0.05) is 12.8 Å².